The Bertz CT molecular complexity index is 649. The zero-order valence-electron chi connectivity index (χ0n) is 11.2. The number of imidazole rings is 1. The molecular formula is C13H14N4O3. The molecule has 7 nitrogen and oxygen atoms in total. The Morgan fingerprint density at radius 1 is 1.45 bits per heavy atom. The smallest absolute Gasteiger partial charge is 0.358 e. The Kier molecular flexibility index (Phi) is 3.79. The molecule has 0 unspecified atom stereocenters. The number of nitrogens with zero attached hydrogens (tertiary/aromatic N) is 4. The molecule has 2 aromatic rings. The summed E-state index contributed by atoms with van der Waals surface area (Å²) in [6.45, 7) is 0.426. The summed E-state index contributed by atoms with van der Waals surface area (Å²) in [6.07, 6.45) is 2.76. The molecule has 20 heavy (non-hydrogen) atoms. The topological polar surface area (TPSA) is 81.3 Å². The molecule has 0 aliphatic heterocycles. The monoisotopic (exact) mass is 274 g/mol. The summed E-state index contributed by atoms with van der Waals surface area (Å²) in [5.41, 5.74) is 1.46. The number of aromatic nitrogens is 2. The highest BCUT2D eigenvalue weighted by atomic mass is 16.6. The minimum atomic E-state index is -0.539. The van der Waals surface area contributed by atoms with Gasteiger partial charge in [-0.3, -0.25) is 4.79 Å². The van der Waals surface area contributed by atoms with Crippen molar-refractivity contribution in [3.8, 4) is 0 Å². The molecule has 0 fully saturated rings. The molecule has 0 aliphatic carbocycles. The van der Waals surface area contributed by atoms with Crippen molar-refractivity contribution in [2.45, 2.75) is 6.54 Å². The van der Waals surface area contributed by atoms with Gasteiger partial charge >= 0.3 is 5.82 Å². The van der Waals surface area contributed by atoms with Gasteiger partial charge in [-0.2, -0.15) is 0 Å². The van der Waals surface area contributed by atoms with Crippen molar-refractivity contribution in [3.05, 3.63) is 58.0 Å². The summed E-state index contributed by atoms with van der Waals surface area (Å²) in [5, 5.41) is 10.6. The molecule has 0 atom stereocenters. The molecule has 0 bridgehead atoms. The number of carbonyl (C=O) groups excluding carboxylic acids is 1. The molecule has 0 saturated carbocycles. The Balaban J connectivity index is 2.19. The van der Waals surface area contributed by atoms with Crippen LogP contribution in [0.5, 0.6) is 0 Å². The number of benzene rings is 1. The third kappa shape index (κ3) is 3.00. The quantitative estimate of drug-likeness (QED) is 0.625. The lowest BCUT2D eigenvalue weighted by Crippen LogP contribution is -2.21. The lowest BCUT2D eigenvalue weighted by molar-refractivity contribution is -0.389. The van der Waals surface area contributed by atoms with E-state index in [1.165, 1.54) is 17.4 Å². The van der Waals surface area contributed by atoms with E-state index in [4.69, 9.17) is 0 Å². The van der Waals surface area contributed by atoms with Gasteiger partial charge in [-0.1, -0.05) is 12.1 Å². The SMILES string of the molecule is CN(C)C(=O)c1cccc(Cn2cnc([N+](=O)[O-])c2)c1. The molecule has 0 radical (unpaired) electrons. The summed E-state index contributed by atoms with van der Waals surface area (Å²) in [4.78, 5) is 27.1. The summed E-state index contributed by atoms with van der Waals surface area (Å²) >= 11 is 0. The van der Waals surface area contributed by atoms with E-state index >= 15 is 0 Å². The van der Waals surface area contributed by atoms with Crippen molar-refractivity contribution >= 4 is 11.7 Å². The average molecular weight is 274 g/mol. The van der Waals surface area contributed by atoms with Crippen LogP contribution in [0.15, 0.2) is 36.8 Å². The van der Waals surface area contributed by atoms with Crippen molar-refractivity contribution < 1.29 is 9.72 Å². The molecule has 0 saturated heterocycles. The first-order valence-corrected chi connectivity index (χ1v) is 5.94. The largest absolute Gasteiger partial charge is 0.381 e. The molecule has 0 N–H and O–H groups in total. The Morgan fingerprint density at radius 2 is 2.20 bits per heavy atom. The van der Waals surface area contributed by atoms with Crippen LogP contribution >= 0.6 is 0 Å². The fourth-order valence-electron chi connectivity index (χ4n) is 1.80. The number of rotatable bonds is 4. The van der Waals surface area contributed by atoms with Crippen LogP contribution in [0.4, 0.5) is 5.82 Å². The third-order valence-electron chi connectivity index (χ3n) is 2.75. The van der Waals surface area contributed by atoms with Crippen LogP contribution in [0, 0.1) is 10.1 Å². The first kappa shape index (κ1) is 13.7. The molecule has 104 valence electrons. The highest BCUT2D eigenvalue weighted by Crippen LogP contribution is 2.11. The maximum atomic E-state index is 11.9. The number of carbonyl (C=O) groups is 1. The number of nitro groups is 1. The van der Waals surface area contributed by atoms with Crippen molar-refractivity contribution in [2.75, 3.05) is 14.1 Å². The maximum Gasteiger partial charge on any atom is 0.381 e. The van der Waals surface area contributed by atoms with E-state index in [1.54, 1.807) is 36.9 Å². The van der Waals surface area contributed by atoms with Crippen molar-refractivity contribution in [2.24, 2.45) is 0 Å². The van der Waals surface area contributed by atoms with Crippen LogP contribution in [-0.4, -0.2) is 39.4 Å². The van der Waals surface area contributed by atoms with E-state index in [0.29, 0.717) is 12.1 Å². The van der Waals surface area contributed by atoms with Crippen LogP contribution in [-0.2, 0) is 6.54 Å². The van der Waals surface area contributed by atoms with Crippen LogP contribution in [0.25, 0.3) is 0 Å². The molecule has 1 aromatic carbocycles. The zero-order chi connectivity index (χ0) is 14.7. The van der Waals surface area contributed by atoms with Gasteiger partial charge in [-0.05, 0) is 27.6 Å². The van der Waals surface area contributed by atoms with E-state index < -0.39 is 4.92 Å². The van der Waals surface area contributed by atoms with E-state index in [0.717, 1.165) is 5.56 Å². The normalized spacial score (nSPS) is 10.3. The molecule has 2 rings (SSSR count). The third-order valence-corrected chi connectivity index (χ3v) is 2.75. The van der Waals surface area contributed by atoms with Gasteiger partial charge in [0.15, 0.2) is 0 Å². The average Bonchev–Trinajstić information content (AvgIpc) is 2.86. The molecular weight excluding hydrogens is 260 g/mol. The summed E-state index contributed by atoms with van der Waals surface area (Å²) in [6, 6.07) is 7.16. The van der Waals surface area contributed by atoms with E-state index in [9.17, 15) is 14.9 Å². The molecule has 0 aliphatic rings. The first-order valence-electron chi connectivity index (χ1n) is 5.94. The van der Waals surface area contributed by atoms with E-state index in [1.807, 2.05) is 6.07 Å². The number of amides is 1. The van der Waals surface area contributed by atoms with Crippen LogP contribution in [0.1, 0.15) is 15.9 Å². The fraction of sp³-hybridized carbons (Fsp3) is 0.231. The van der Waals surface area contributed by atoms with Crippen molar-refractivity contribution in [3.63, 3.8) is 0 Å². The number of hydrogen-bond acceptors (Lipinski definition) is 4. The Morgan fingerprint density at radius 3 is 2.80 bits per heavy atom. The molecule has 1 heterocycles. The standard InChI is InChI=1S/C13H14N4O3/c1-15(2)13(18)11-5-3-4-10(6-11)7-16-8-12(14-9-16)17(19)20/h3-6,8-9H,7H2,1-2H3. The summed E-state index contributed by atoms with van der Waals surface area (Å²) in [7, 11) is 3.38. The van der Waals surface area contributed by atoms with Gasteiger partial charge in [0, 0.05) is 19.7 Å². The summed E-state index contributed by atoms with van der Waals surface area (Å²) < 4.78 is 1.61. The molecule has 7 heteroatoms. The van der Waals surface area contributed by atoms with Gasteiger partial charge in [-0.25, -0.2) is 0 Å². The van der Waals surface area contributed by atoms with Crippen LogP contribution in [0.2, 0.25) is 0 Å². The van der Waals surface area contributed by atoms with Crippen LogP contribution in [0.3, 0.4) is 0 Å². The first-order chi connectivity index (χ1) is 9.47. The summed E-state index contributed by atoms with van der Waals surface area (Å²) in [5.74, 6) is -0.269. The predicted octanol–water partition coefficient (Wildman–Crippen LogP) is 1.54. The zero-order valence-corrected chi connectivity index (χ0v) is 11.2. The van der Waals surface area contributed by atoms with Crippen molar-refractivity contribution in [1.29, 1.82) is 0 Å². The Labute approximate surface area is 115 Å². The highest BCUT2D eigenvalue weighted by Gasteiger charge is 2.11. The molecule has 1 amide bonds. The minimum Gasteiger partial charge on any atom is -0.358 e. The van der Waals surface area contributed by atoms with Gasteiger partial charge in [0.05, 0.1) is 6.54 Å². The van der Waals surface area contributed by atoms with E-state index in [-0.39, 0.29) is 11.7 Å². The molecule has 0 spiro atoms. The highest BCUT2D eigenvalue weighted by molar-refractivity contribution is 5.94. The van der Waals surface area contributed by atoms with Gasteiger partial charge in [0.25, 0.3) is 5.91 Å². The second-order valence-electron chi connectivity index (χ2n) is 4.56. The van der Waals surface area contributed by atoms with E-state index in [2.05, 4.69) is 4.98 Å². The number of hydrogen-bond donors (Lipinski definition) is 0. The Hall–Kier alpha value is -2.70. The van der Waals surface area contributed by atoms with Gasteiger partial charge in [0.1, 0.15) is 6.20 Å². The second kappa shape index (κ2) is 5.52. The van der Waals surface area contributed by atoms with Gasteiger partial charge < -0.3 is 19.6 Å². The van der Waals surface area contributed by atoms with Gasteiger partial charge in [0.2, 0.25) is 6.33 Å². The minimum absolute atomic E-state index is 0.0801. The molecule has 1 aromatic heterocycles. The predicted molar refractivity (Wildman–Crippen MR) is 72.4 cm³/mol. The lowest BCUT2D eigenvalue weighted by Gasteiger charge is -2.11. The second-order valence-corrected chi connectivity index (χ2v) is 4.56. The fourth-order valence-corrected chi connectivity index (χ4v) is 1.80. The maximum absolute atomic E-state index is 11.9. The lowest BCUT2D eigenvalue weighted by atomic mass is 10.1. The van der Waals surface area contributed by atoms with Gasteiger partial charge in [-0.15, -0.1) is 0 Å². The van der Waals surface area contributed by atoms with Crippen molar-refractivity contribution in [1.82, 2.24) is 14.5 Å². The van der Waals surface area contributed by atoms with Crippen LogP contribution < -0.4 is 0 Å².